The third kappa shape index (κ3) is 13.2. The molecule has 2 atom stereocenters. The lowest BCUT2D eigenvalue weighted by atomic mass is 10.2. The molecule has 6 heteroatoms. The van der Waals surface area contributed by atoms with Crippen molar-refractivity contribution < 1.29 is 19.1 Å². The largest absolute Gasteiger partial charge is 0.446 e. The van der Waals surface area contributed by atoms with Crippen LogP contribution in [-0.2, 0) is 19.1 Å². The minimum absolute atomic E-state index is 0.267. The third-order valence-electron chi connectivity index (χ3n) is 3.10. The van der Waals surface area contributed by atoms with Crippen LogP contribution < -0.4 is 0 Å². The molecule has 0 heterocycles. The average Bonchev–Trinajstić information content (AvgIpc) is 2.47. The smallest absolute Gasteiger partial charge is 0.307 e. The van der Waals surface area contributed by atoms with Crippen LogP contribution in [0, 0.1) is 0 Å². The van der Waals surface area contributed by atoms with E-state index in [4.69, 9.17) is 32.7 Å². The van der Waals surface area contributed by atoms with E-state index >= 15 is 0 Å². The molecule has 0 N–H and O–H groups in total. The van der Waals surface area contributed by atoms with Crippen LogP contribution in [0.25, 0.3) is 0 Å². The zero-order valence-electron chi connectivity index (χ0n) is 13.6. The Balaban J connectivity index is 3.62. The van der Waals surface area contributed by atoms with Gasteiger partial charge in [0.25, 0.3) is 0 Å². The Morgan fingerprint density at radius 2 is 1.14 bits per heavy atom. The van der Waals surface area contributed by atoms with E-state index in [9.17, 15) is 9.59 Å². The fraction of sp³-hybridized carbons (Fsp3) is 0.875. The highest BCUT2D eigenvalue weighted by molar-refractivity contribution is 6.20. The maximum absolute atomic E-state index is 11.5. The number of alkyl halides is 2. The minimum Gasteiger partial charge on any atom is -0.446 e. The van der Waals surface area contributed by atoms with Gasteiger partial charge in [-0.15, -0.1) is 0 Å². The molecule has 0 saturated carbocycles. The summed E-state index contributed by atoms with van der Waals surface area (Å²) >= 11 is 11.8. The topological polar surface area (TPSA) is 52.6 Å². The van der Waals surface area contributed by atoms with Crippen molar-refractivity contribution in [2.24, 2.45) is 0 Å². The van der Waals surface area contributed by atoms with Gasteiger partial charge >= 0.3 is 11.9 Å². The number of esters is 2. The molecule has 0 aromatic rings. The molecule has 130 valence electrons. The van der Waals surface area contributed by atoms with Gasteiger partial charge in [-0.2, -0.15) is 0 Å². The summed E-state index contributed by atoms with van der Waals surface area (Å²) in [5.74, 6) is -0.634. The summed E-state index contributed by atoms with van der Waals surface area (Å²) < 4.78 is 10.1. The van der Waals surface area contributed by atoms with E-state index in [-0.39, 0.29) is 24.8 Å². The lowest BCUT2D eigenvalue weighted by molar-refractivity contribution is -0.148. The van der Waals surface area contributed by atoms with Crippen molar-refractivity contribution in [1.82, 2.24) is 0 Å². The van der Waals surface area contributed by atoms with Crippen LogP contribution in [0.4, 0.5) is 0 Å². The summed E-state index contributed by atoms with van der Waals surface area (Å²) in [6.07, 6.45) is 6.93. The van der Waals surface area contributed by atoms with Crippen LogP contribution in [0.15, 0.2) is 0 Å². The second kappa shape index (κ2) is 14.1. The van der Waals surface area contributed by atoms with Gasteiger partial charge in [-0.3, -0.25) is 9.59 Å². The van der Waals surface area contributed by atoms with Crippen molar-refractivity contribution >= 4 is 35.1 Å². The molecule has 0 amide bonds. The van der Waals surface area contributed by atoms with E-state index in [1.807, 2.05) is 0 Å². The first-order chi connectivity index (χ1) is 10.5. The van der Waals surface area contributed by atoms with Crippen LogP contribution in [0.1, 0.15) is 78.1 Å². The van der Waals surface area contributed by atoms with Crippen molar-refractivity contribution in [2.75, 3.05) is 0 Å². The van der Waals surface area contributed by atoms with Crippen molar-refractivity contribution in [2.45, 2.75) is 89.2 Å². The summed E-state index contributed by atoms with van der Waals surface area (Å²) in [5.41, 5.74) is -1.10. The summed E-state index contributed by atoms with van der Waals surface area (Å²) in [5, 5.41) is 0. The molecular weight excluding hydrogens is 327 g/mol. The first-order valence-corrected chi connectivity index (χ1v) is 9.04. The van der Waals surface area contributed by atoms with Crippen molar-refractivity contribution in [3.8, 4) is 0 Å². The van der Waals surface area contributed by atoms with E-state index < -0.39 is 11.1 Å². The number of ether oxygens (including phenoxy) is 2. The highest BCUT2D eigenvalue weighted by Gasteiger charge is 2.13. The molecule has 22 heavy (non-hydrogen) atoms. The van der Waals surface area contributed by atoms with Gasteiger partial charge in [0.15, 0.2) is 11.1 Å². The van der Waals surface area contributed by atoms with E-state index in [2.05, 4.69) is 13.8 Å². The number of rotatable bonds is 13. The minimum atomic E-state index is -0.548. The van der Waals surface area contributed by atoms with E-state index in [1.54, 1.807) is 0 Å². The predicted octanol–water partition coefficient (Wildman–Crippen LogP) is 5.14. The lowest BCUT2D eigenvalue weighted by Crippen LogP contribution is -2.14. The Labute approximate surface area is 143 Å². The number of carbonyl (C=O) groups is 2. The fourth-order valence-electron chi connectivity index (χ4n) is 1.79. The van der Waals surface area contributed by atoms with Crippen molar-refractivity contribution in [3.63, 3.8) is 0 Å². The predicted molar refractivity (Wildman–Crippen MR) is 89.0 cm³/mol. The summed E-state index contributed by atoms with van der Waals surface area (Å²) in [4.78, 5) is 23.0. The van der Waals surface area contributed by atoms with E-state index in [0.717, 1.165) is 25.7 Å². The van der Waals surface area contributed by atoms with Crippen LogP contribution in [0.2, 0.25) is 0 Å². The summed E-state index contributed by atoms with van der Waals surface area (Å²) in [7, 11) is 0. The summed E-state index contributed by atoms with van der Waals surface area (Å²) in [6, 6.07) is 0. The van der Waals surface area contributed by atoms with Gasteiger partial charge in [-0.05, 0) is 38.5 Å². The molecule has 4 nitrogen and oxygen atoms in total. The van der Waals surface area contributed by atoms with Gasteiger partial charge in [0.05, 0.1) is 0 Å². The molecule has 0 radical (unpaired) electrons. The Morgan fingerprint density at radius 1 is 0.773 bits per heavy atom. The van der Waals surface area contributed by atoms with Gasteiger partial charge < -0.3 is 9.47 Å². The molecule has 0 rings (SSSR count). The normalized spacial score (nSPS) is 13.5. The standard InChI is InChI=1S/C16H28Cl2O4/c1-3-5-9-13(17)21-15(19)11-7-8-12-16(20)22-14(18)10-6-4-2/h13-14H,3-12H2,1-2H3. The van der Waals surface area contributed by atoms with Gasteiger partial charge in [0, 0.05) is 12.8 Å². The summed E-state index contributed by atoms with van der Waals surface area (Å²) in [6.45, 7) is 4.11. The Bertz CT molecular complexity index is 281. The van der Waals surface area contributed by atoms with Crippen molar-refractivity contribution in [3.05, 3.63) is 0 Å². The van der Waals surface area contributed by atoms with Crippen LogP contribution in [0.3, 0.4) is 0 Å². The van der Waals surface area contributed by atoms with Gasteiger partial charge in [0.2, 0.25) is 0 Å². The molecule has 0 aliphatic carbocycles. The number of halogens is 2. The highest BCUT2D eigenvalue weighted by atomic mass is 35.5. The van der Waals surface area contributed by atoms with Gasteiger partial charge in [0.1, 0.15) is 0 Å². The third-order valence-corrected chi connectivity index (χ3v) is 3.71. The Kier molecular flexibility index (Phi) is 13.8. The molecule has 0 aliphatic rings. The van der Waals surface area contributed by atoms with Gasteiger partial charge in [-0.1, -0.05) is 49.9 Å². The number of unbranched alkanes of at least 4 members (excludes halogenated alkanes) is 3. The number of hydrogen-bond acceptors (Lipinski definition) is 4. The monoisotopic (exact) mass is 354 g/mol. The molecular formula is C16H28Cl2O4. The molecule has 0 saturated heterocycles. The number of hydrogen-bond donors (Lipinski definition) is 0. The molecule has 0 spiro atoms. The van der Waals surface area contributed by atoms with Crippen molar-refractivity contribution in [1.29, 1.82) is 0 Å². The zero-order chi connectivity index (χ0) is 16.8. The van der Waals surface area contributed by atoms with E-state index in [0.29, 0.717) is 25.7 Å². The maximum atomic E-state index is 11.5. The maximum Gasteiger partial charge on any atom is 0.307 e. The lowest BCUT2D eigenvalue weighted by Gasteiger charge is -2.11. The van der Waals surface area contributed by atoms with E-state index in [1.165, 1.54) is 0 Å². The first-order valence-electron chi connectivity index (χ1n) is 8.16. The molecule has 0 bridgehead atoms. The van der Waals surface area contributed by atoms with Gasteiger partial charge in [-0.25, -0.2) is 0 Å². The fourth-order valence-corrected chi connectivity index (χ4v) is 2.30. The molecule has 0 fully saturated rings. The second-order valence-corrected chi connectivity index (χ2v) is 6.26. The van der Waals surface area contributed by atoms with Crippen LogP contribution in [0.5, 0.6) is 0 Å². The zero-order valence-corrected chi connectivity index (χ0v) is 15.1. The molecule has 2 unspecified atom stereocenters. The van der Waals surface area contributed by atoms with Crippen LogP contribution >= 0.6 is 23.2 Å². The molecule has 0 aliphatic heterocycles. The highest BCUT2D eigenvalue weighted by Crippen LogP contribution is 2.13. The first kappa shape index (κ1) is 21.5. The average molecular weight is 355 g/mol. The quantitative estimate of drug-likeness (QED) is 0.261. The molecule has 0 aromatic heterocycles. The Hall–Kier alpha value is -0.480. The Morgan fingerprint density at radius 3 is 1.45 bits per heavy atom. The second-order valence-electron chi connectivity index (χ2n) is 5.29. The number of carbonyl (C=O) groups excluding carboxylic acids is 2. The SMILES string of the molecule is CCCCC(Cl)OC(=O)CCCCC(=O)OC(Cl)CCCC. The molecule has 0 aromatic carbocycles. The van der Waals surface area contributed by atoms with Crippen LogP contribution in [-0.4, -0.2) is 23.1 Å².